The maximum Gasteiger partial charge on any atom is 0.288 e. The van der Waals surface area contributed by atoms with Gasteiger partial charge in [-0.3, -0.25) is 4.90 Å². The average molecular weight is 319 g/mol. The van der Waals surface area contributed by atoms with Crippen LogP contribution >= 0.6 is 12.2 Å². The number of rotatable bonds is 4. The largest absolute Gasteiger partial charge is 0.409 e. The summed E-state index contributed by atoms with van der Waals surface area (Å²) in [6, 6.07) is 8.03. The van der Waals surface area contributed by atoms with E-state index in [4.69, 9.17) is 21.4 Å². The van der Waals surface area contributed by atoms with E-state index in [9.17, 15) is 0 Å². The summed E-state index contributed by atoms with van der Waals surface area (Å²) in [5.74, 6) is 0.592. The molecule has 2 heterocycles. The Labute approximate surface area is 135 Å². The van der Waals surface area contributed by atoms with E-state index >= 15 is 0 Å². The van der Waals surface area contributed by atoms with Crippen LogP contribution in [0.5, 0.6) is 0 Å². The Morgan fingerprint density at radius 3 is 2.73 bits per heavy atom. The minimum Gasteiger partial charge on any atom is -0.409 e. The predicted molar refractivity (Wildman–Crippen MR) is 87.1 cm³/mol. The first-order chi connectivity index (χ1) is 10.7. The molecule has 0 radical (unpaired) electrons. The number of hydrogen-bond acceptors (Lipinski definition) is 5. The molecule has 0 N–H and O–H groups in total. The number of aryl methyl sites for hydroxylation is 1. The molecule has 2 aromatic rings. The first kappa shape index (κ1) is 15.4. The molecule has 1 aliphatic rings. The highest BCUT2D eigenvalue weighted by Crippen LogP contribution is 2.22. The number of benzene rings is 1. The van der Waals surface area contributed by atoms with Gasteiger partial charge in [0.05, 0.1) is 12.8 Å². The van der Waals surface area contributed by atoms with E-state index in [0.29, 0.717) is 23.5 Å². The van der Waals surface area contributed by atoms with Gasteiger partial charge < -0.3 is 9.15 Å². The van der Waals surface area contributed by atoms with Gasteiger partial charge in [-0.1, -0.05) is 18.2 Å². The fourth-order valence-electron chi connectivity index (χ4n) is 2.79. The molecule has 0 aliphatic carbocycles. The van der Waals surface area contributed by atoms with Gasteiger partial charge in [-0.05, 0) is 43.6 Å². The summed E-state index contributed by atoms with van der Waals surface area (Å²) in [6.07, 6.45) is 2.47. The van der Waals surface area contributed by atoms with Crippen LogP contribution in [-0.2, 0) is 11.4 Å². The second-order valence-corrected chi connectivity index (χ2v) is 6.03. The van der Waals surface area contributed by atoms with Crippen LogP contribution < -0.4 is 0 Å². The monoisotopic (exact) mass is 319 g/mol. The van der Waals surface area contributed by atoms with E-state index in [-0.39, 0.29) is 0 Å². The fourth-order valence-corrected chi connectivity index (χ4v) is 2.97. The Kier molecular flexibility index (Phi) is 4.71. The molecule has 6 heteroatoms. The molecule has 0 bridgehead atoms. The van der Waals surface area contributed by atoms with Crippen molar-refractivity contribution in [1.29, 1.82) is 0 Å². The van der Waals surface area contributed by atoms with Crippen LogP contribution in [0.4, 0.5) is 0 Å². The number of nitrogens with zero attached hydrogens (tertiary/aromatic N) is 3. The van der Waals surface area contributed by atoms with Gasteiger partial charge in [0.25, 0.3) is 4.84 Å². The van der Waals surface area contributed by atoms with Crippen LogP contribution in [0.3, 0.4) is 0 Å². The van der Waals surface area contributed by atoms with Crippen molar-refractivity contribution in [2.75, 3.05) is 20.2 Å². The van der Waals surface area contributed by atoms with E-state index in [2.05, 4.69) is 10.00 Å². The van der Waals surface area contributed by atoms with Gasteiger partial charge in [0.1, 0.15) is 0 Å². The van der Waals surface area contributed by atoms with Crippen LogP contribution in [0.1, 0.15) is 18.4 Å². The molecule has 0 atom stereocenters. The summed E-state index contributed by atoms with van der Waals surface area (Å²) in [4.78, 5) is 2.75. The summed E-state index contributed by atoms with van der Waals surface area (Å²) in [5, 5.41) is 4.55. The first-order valence-electron chi connectivity index (χ1n) is 7.56. The molecule has 1 aliphatic heterocycles. The van der Waals surface area contributed by atoms with Crippen LogP contribution in [0, 0.1) is 11.8 Å². The van der Waals surface area contributed by atoms with Gasteiger partial charge in [0.15, 0.2) is 0 Å². The maximum absolute atomic E-state index is 5.68. The van der Waals surface area contributed by atoms with Crippen molar-refractivity contribution in [2.45, 2.75) is 32.5 Å². The molecular weight excluding hydrogens is 298 g/mol. The van der Waals surface area contributed by atoms with Crippen molar-refractivity contribution in [3.63, 3.8) is 0 Å². The van der Waals surface area contributed by atoms with Crippen LogP contribution in [0.25, 0.3) is 11.5 Å². The van der Waals surface area contributed by atoms with E-state index in [1.165, 1.54) is 0 Å². The highest BCUT2D eigenvalue weighted by Gasteiger charge is 2.20. The van der Waals surface area contributed by atoms with Crippen molar-refractivity contribution >= 4 is 12.2 Å². The summed E-state index contributed by atoms with van der Waals surface area (Å²) >= 11 is 5.31. The third-order valence-corrected chi connectivity index (χ3v) is 4.48. The highest BCUT2D eigenvalue weighted by molar-refractivity contribution is 7.71. The Bertz CT molecular complexity index is 687. The Morgan fingerprint density at radius 1 is 1.32 bits per heavy atom. The molecule has 1 aromatic heterocycles. The molecule has 118 valence electrons. The zero-order valence-corrected chi connectivity index (χ0v) is 13.8. The van der Waals surface area contributed by atoms with Gasteiger partial charge in [-0.15, -0.1) is 5.10 Å². The zero-order chi connectivity index (χ0) is 15.5. The van der Waals surface area contributed by atoms with Crippen molar-refractivity contribution in [3.8, 4) is 11.5 Å². The maximum atomic E-state index is 5.68. The van der Waals surface area contributed by atoms with Crippen LogP contribution in [0.15, 0.2) is 28.7 Å². The molecular formula is C16H21N3O2S. The van der Waals surface area contributed by atoms with Gasteiger partial charge in [0, 0.05) is 25.8 Å². The summed E-state index contributed by atoms with van der Waals surface area (Å²) in [5.41, 5.74) is 2.12. The molecule has 1 fully saturated rings. The predicted octanol–water partition coefficient (Wildman–Crippen LogP) is 3.25. The Hall–Kier alpha value is -1.50. The molecule has 0 amide bonds. The minimum absolute atomic E-state index is 0.379. The third kappa shape index (κ3) is 3.29. The van der Waals surface area contributed by atoms with Crippen molar-refractivity contribution in [1.82, 2.24) is 14.7 Å². The molecule has 3 rings (SSSR count). The standard InChI is InChI=1S/C16H21N3O2S/c1-12-5-3-4-6-14(12)15-17-19(16(22)21-15)11-18-9-7-13(20-2)8-10-18/h3-6,13H,7-11H2,1-2H3. The number of hydrogen-bond donors (Lipinski definition) is 0. The van der Waals surface area contributed by atoms with E-state index in [1.54, 1.807) is 11.8 Å². The smallest absolute Gasteiger partial charge is 0.288 e. The summed E-state index contributed by atoms with van der Waals surface area (Å²) in [6.45, 7) is 4.70. The molecule has 0 saturated carbocycles. The first-order valence-corrected chi connectivity index (χ1v) is 7.97. The fraction of sp³-hybridized carbons (Fsp3) is 0.500. The quantitative estimate of drug-likeness (QED) is 0.809. The normalized spacial score (nSPS) is 17.0. The van der Waals surface area contributed by atoms with E-state index in [0.717, 1.165) is 37.1 Å². The van der Waals surface area contributed by atoms with Gasteiger partial charge >= 0.3 is 0 Å². The second kappa shape index (κ2) is 6.73. The molecule has 1 aromatic carbocycles. The molecule has 0 unspecified atom stereocenters. The van der Waals surface area contributed by atoms with Crippen molar-refractivity contribution < 1.29 is 9.15 Å². The molecule has 0 spiro atoms. The Balaban J connectivity index is 1.74. The molecule has 22 heavy (non-hydrogen) atoms. The SMILES string of the molecule is COC1CCN(Cn2nc(-c3ccccc3C)oc2=S)CC1. The topological polar surface area (TPSA) is 43.4 Å². The summed E-state index contributed by atoms with van der Waals surface area (Å²) in [7, 11) is 1.78. The molecule has 5 nitrogen and oxygen atoms in total. The number of likely N-dealkylation sites (tertiary alicyclic amines) is 1. The van der Waals surface area contributed by atoms with Crippen LogP contribution in [0.2, 0.25) is 0 Å². The van der Waals surface area contributed by atoms with E-state index < -0.39 is 0 Å². The number of aromatic nitrogens is 2. The number of ether oxygens (including phenoxy) is 1. The van der Waals surface area contributed by atoms with Crippen LogP contribution in [-0.4, -0.2) is 41.0 Å². The van der Waals surface area contributed by atoms with Crippen molar-refractivity contribution in [3.05, 3.63) is 34.7 Å². The minimum atomic E-state index is 0.379. The van der Waals surface area contributed by atoms with Gasteiger partial charge in [-0.25, -0.2) is 4.68 Å². The van der Waals surface area contributed by atoms with Gasteiger partial charge in [-0.2, -0.15) is 0 Å². The number of methoxy groups -OCH3 is 1. The van der Waals surface area contributed by atoms with Gasteiger partial charge in [0.2, 0.25) is 5.89 Å². The summed E-state index contributed by atoms with van der Waals surface area (Å²) < 4.78 is 12.8. The lowest BCUT2D eigenvalue weighted by atomic mass is 10.1. The second-order valence-electron chi connectivity index (χ2n) is 5.68. The van der Waals surface area contributed by atoms with Crippen molar-refractivity contribution in [2.24, 2.45) is 0 Å². The van der Waals surface area contributed by atoms with E-state index in [1.807, 2.05) is 31.2 Å². The highest BCUT2D eigenvalue weighted by atomic mass is 32.1. The number of piperidine rings is 1. The molecule has 1 saturated heterocycles. The Morgan fingerprint density at radius 2 is 2.05 bits per heavy atom. The zero-order valence-electron chi connectivity index (χ0n) is 13.0. The third-order valence-electron chi connectivity index (χ3n) is 4.18. The lowest BCUT2D eigenvalue weighted by Gasteiger charge is -2.30. The lowest BCUT2D eigenvalue weighted by molar-refractivity contribution is 0.0299. The average Bonchev–Trinajstić information content (AvgIpc) is 2.89. The lowest BCUT2D eigenvalue weighted by Crippen LogP contribution is -2.37.